The maximum Gasteiger partial charge on any atom is 0.586 e. The van der Waals surface area contributed by atoms with Gasteiger partial charge in [-0.1, -0.05) is 6.07 Å². The van der Waals surface area contributed by atoms with Crippen LogP contribution in [0.4, 0.5) is 20.3 Å². The van der Waals surface area contributed by atoms with Crippen LogP contribution in [0.15, 0.2) is 67.6 Å². The number of anilines is 2. The Morgan fingerprint density at radius 1 is 0.872 bits per heavy atom. The number of alkyl halides is 2. The second-order valence-corrected chi connectivity index (χ2v) is 8.55. The van der Waals surface area contributed by atoms with E-state index in [1.165, 1.54) is 24.8 Å². The monoisotopic (exact) mass is 527 g/mol. The second-order valence-electron chi connectivity index (χ2n) is 8.55. The van der Waals surface area contributed by atoms with E-state index in [-0.39, 0.29) is 17.6 Å². The lowest BCUT2D eigenvalue weighted by Crippen LogP contribution is -2.25. The molecule has 11 nitrogen and oxygen atoms in total. The van der Waals surface area contributed by atoms with Crippen molar-refractivity contribution in [1.82, 2.24) is 41.0 Å². The van der Waals surface area contributed by atoms with Gasteiger partial charge < -0.3 is 25.9 Å². The Hall–Kier alpha value is -5.30. The molecular formula is C26H19F2N9O2. The first kappa shape index (κ1) is 24.1. The Morgan fingerprint density at radius 2 is 1.72 bits per heavy atom. The lowest BCUT2D eigenvalue weighted by atomic mass is 9.96. The van der Waals surface area contributed by atoms with Crippen molar-refractivity contribution >= 4 is 33.6 Å². The molecule has 0 spiro atoms. The first-order valence-electron chi connectivity index (χ1n) is 11.5. The number of H-pyrrole nitrogens is 1. The zero-order valence-corrected chi connectivity index (χ0v) is 20.3. The third-order valence-electron chi connectivity index (χ3n) is 6.20. The standard InChI is InChI=1S/C26H16F2N8O2.H3N/c1-13-4-6-16-21(30-10-33-24(16)36-14-5-7-17-18(9-14)38-26(27,28)37-17)19(13)20-15(3-2-8-29-20)22-23-25(34-11-31-22)35-12-32-23;/h2-12H,1H3,(H,30,33,36)(H,31,32,34,35);1H3. The highest BCUT2D eigenvalue weighted by Crippen LogP contribution is 2.43. The summed E-state index contributed by atoms with van der Waals surface area (Å²) in [7, 11) is 0. The van der Waals surface area contributed by atoms with Crippen molar-refractivity contribution in [3.8, 4) is 34.0 Å². The fourth-order valence-electron chi connectivity index (χ4n) is 4.56. The quantitative estimate of drug-likeness (QED) is 0.265. The van der Waals surface area contributed by atoms with E-state index in [4.69, 9.17) is 4.98 Å². The fourth-order valence-corrected chi connectivity index (χ4v) is 4.56. The molecule has 5 heterocycles. The van der Waals surface area contributed by atoms with Crippen LogP contribution in [0, 0.1) is 6.92 Å². The van der Waals surface area contributed by atoms with Crippen molar-refractivity contribution in [2.24, 2.45) is 0 Å². The van der Waals surface area contributed by atoms with Crippen LogP contribution in [0.3, 0.4) is 0 Å². The number of ether oxygens (including phenoxy) is 2. The van der Waals surface area contributed by atoms with E-state index < -0.39 is 6.29 Å². The summed E-state index contributed by atoms with van der Waals surface area (Å²) in [6.45, 7) is 1.98. The number of aromatic nitrogens is 7. The molecule has 5 N–H and O–H groups in total. The molecule has 2 aromatic carbocycles. The number of rotatable bonds is 4. The van der Waals surface area contributed by atoms with Crippen LogP contribution in [-0.4, -0.2) is 41.2 Å². The molecule has 0 fully saturated rings. The summed E-state index contributed by atoms with van der Waals surface area (Å²) in [5.74, 6) is 0.380. The minimum absolute atomic E-state index is 0. The van der Waals surface area contributed by atoms with Gasteiger partial charge in [0, 0.05) is 34.5 Å². The molecule has 0 saturated heterocycles. The number of pyridine rings is 1. The predicted molar refractivity (Wildman–Crippen MR) is 139 cm³/mol. The molecule has 1 aliphatic rings. The summed E-state index contributed by atoms with van der Waals surface area (Å²) < 4.78 is 36.0. The number of aromatic amines is 1. The molecular weight excluding hydrogens is 508 g/mol. The molecule has 194 valence electrons. The van der Waals surface area contributed by atoms with Gasteiger partial charge in [-0.3, -0.25) is 4.98 Å². The topological polar surface area (TPSA) is 159 Å². The lowest BCUT2D eigenvalue weighted by Gasteiger charge is -2.15. The van der Waals surface area contributed by atoms with Crippen LogP contribution in [0.5, 0.6) is 11.5 Å². The zero-order valence-electron chi connectivity index (χ0n) is 20.3. The Bertz CT molecular complexity index is 1880. The molecule has 0 saturated carbocycles. The molecule has 13 heteroatoms. The van der Waals surface area contributed by atoms with E-state index in [1.54, 1.807) is 18.6 Å². The summed E-state index contributed by atoms with van der Waals surface area (Å²) in [5, 5.41) is 3.89. The number of aryl methyl sites for hydroxylation is 1. The Balaban J connectivity index is 0.00000277. The summed E-state index contributed by atoms with van der Waals surface area (Å²) in [4.78, 5) is 29.8. The van der Waals surface area contributed by atoms with Gasteiger partial charge >= 0.3 is 6.29 Å². The highest BCUT2D eigenvalue weighted by molar-refractivity contribution is 6.04. The molecule has 0 bridgehead atoms. The number of hydrogen-bond donors (Lipinski definition) is 3. The number of halogens is 2. The van der Waals surface area contributed by atoms with Crippen LogP contribution >= 0.6 is 0 Å². The Kier molecular flexibility index (Phi) is 5.50. The molecule has 39 heavy (non-hydrogen) atoms. The van der Waals surface area contributed by atoms with Gasteiger partial charge in [0.1, 0.15) is 29.7 Å². The first-order valence-corrected chi connectivity index (χ1v) is 11.5. The van der Waals surface area contributed by atoms with Gasteiger partial charge in [0.05, 0.1) is 17.5 Å². The van der Waals surface area contributed by atoms with Crippen LogP contribution in [0.1, 0.15) is 5.56 Å². The minimum atomic E-state index is -3.69. The highest BCUT2D eigenvalue weighted by atomic mass is 19.3. The van der Waals surface area contributed by atoms with Gasteiger partial charge in [0.2, 0.25) is 0 Å². The summed E-state index contributed by atoms with van der Waals surface area (Å²) in [5.41, 5.74) is 6.28. The summed E-state index contributed by atoms with van der Waals surface area (Å²) in [6, 6.07) is 12.1. The molecule has 6 aromatic rings. The van der Waals surface area contributed by atoms with E-state index in [9.17, 15) is 8.78 Å². The van der Waals surface area contributed by atoms with Crippen molar-refractivity contribution in [2.45, 2.75) is 13.2 Å². The van der Waals surface area contributed by atoms with Gasteiger partial charge in [-0.15, -0.1) is 8.78 Å². The van der Waals surface area contributed by atoms with Crippen molar-refractivity contribution < 1.29 is 18.3 Å². The largest absolute Gasteiger partial charge is 0.586 e. The number of imidazole rings is 1. The highest BCUT2D eigenvalue weighted by Gasteiger charge is 2.43. The lowest BCUT2D eigenvalue weighted by molar-refractivity contribution is -0.286. The molecule has 4 aromatic heterocycles. The number of benzene rings is 2. The number of fused-ring (bicyclic) bond motifs is 3. The van der Waals surface area contributed by atoms with Crippen LogP contribution in [0.25, 0.3) is 44.6 Å². The van der Waals surface area contributed by atoms with Gasteiger partial charge in [-0.25, -0.2) is 24.9 Å². The minimum Gasteiger partial charge on any atom is -0.395 e. The van der Waals surface area contributed by atoms with Crippen molar-refractivity contribution in [3.05, 3.63) is 73.2 Å². The van der Waals surface area contributed by atoms with E-state index in [2.05, 4.69) is 44.7 Å². The third-order valence-corrected chi connectivity index (χ3v) is 6.20. The third kappa shape index (κ3) is 4.01. The van der Waals surface area contributed by atoms with Crippen molar-refractivity contribution in [3.63, 3.8) is 0 Å². The number of hydrogen-bond acceptors (Lipinski definition) is 10. The Labute approximate surface area is 218 Å². The van der Waals surface area contributed by atoms with Crippen molar-refractivity contribution in [1.29, 1.82) is 0 Å². The molecule has 0 atom stereocenters. The van der Waals surface area contributed by atoms with E-state index in [0.717, 1.165) is 16.7 Å². The second kappa shape index (κ2) is 8.92. The van der Waals surface area contributed by atoms with Gasteiger partial charge in [-0.05, 0) is 42.8 Å². The molecule has 7 rings (SSSR count). The van der Waals surface area contributed by atoms with E-state index in [1.807, 2.05) is 31.2 Å². The predicted octanol–water partition coefficient (Wildman–Crippen LogP) is 5.56. The molecule has 0 unspecified atom stereocenters. The number of nitrogens with one attached hydrogen (secondary N) is 2. The van der Waals surface area contributed by atoms with E-state index in [0.29, 0.717) is 45.0 Å². The maximum absolute atomic E-state index is 13.5. The first-order chi connectivity index (χ1) is 18.5. The van der Waals surface area contributed by atoms with Crippen LogP contribution in [0.2, 0.25) is 0 Å². The van der Waals surface area contributed by atoms with Crippen molar-refractivity contribution in [2.75, 3.05) is 5.32 Å². The summed E-state index contributed by atoms with van der Waals surface area (Å²) in [6.07, 6.45) is 2.50. The van der Waals surface area contributed by atoms with Gasteiger partial charge in [-0.2, -0.15) is 0 Å². The normalized spacial score (nSPS) is 13.4. The molecule has 1 aliphatic heterocycles. The zero-order chi connectivity index (χ0) is 25.9. The molecule has 0 radical (unpaired) electrons. The smallest absolute Gasteiger partial charge is 0.395 e. The van der Waals surface area contributed by atoms with Gasteiger partial charge in [0.25, 0.3) is 0 Å². The average molecular weight is 527 g/mol. The fraction of sp³-hybridized carbons (Fsp3) is 0.0769. The molecule has 0 amide bonds. The molecule has 0 aliphatic carbocycles. The average Bonchev–Trinajstić information content (AvgIpc) is 3.51. The number of nitrogens with zero attached hydrogens (tertiary/aromatic N) is 6. The SMILES string of the molecule is Cc1ccc2c(Nc3ccc4c(c3)OC(F)(F)O4)ncnc2c1-c1ncccc1-c1ncnc2nc[nH]c12.N. The summed E-state index contributed by atoms with van der Waals surface area (Å²) >= 11 is 0. The van der Waals surface area contributed by atoms with Crippen LogP contribution < -0.4 is 20.9 Å². The van der Waals surface area contributed by atoms with Gasteiger partial charge in [0.15, 0.2) is 17.1 Å². The van der Waals surface area contributed by atoms with Crippen LogP contribution in [-0.2, 0) is 0 Å². The van der Waals surface area contributed by atoms with E-state index >= 15 is 0 Å². The maximum atomic E-state index is 13.5. The Morgan fingerprint density at radius 3 is 2.62 bits per heavy atom.